The van der Waals surface area contributed by atoms with Crippen LogP contribution >= 0.6 is 0 Å². The maximum Gasteiger partial charge on any atom is 0.407 e. The third-order valence-corrected chi connectivity index (χ3v) is 2.83. The molecule has 0 bridgehead atoms. The van der Waals surface area contributed by atoms with Crippen LogP contribution in [0.25, 0.3) is 0 Å². The van der Waals surface area contributed by atoms with E-state index in [-0.39, 0.29) is 5.96 Å². The van der Waals surface area contributed by atoms with E-state index < -0.39 is 16.7 Å². The summed E-state index contributed by atoms with van der Waals surface area (Å²) in [7, 11) is 1.52. The van der Waals surface area contributed by atoms with E-state index in [1.54, 1.807) is 39.0 Å². The molecule has 0 aliphatic rings. The van der Waals surface area contributed by atoms with Crippen molar-refractivity contribution in [2.45, 2.75) is 32.8 Å². The predicted octanol–water partition coefficient (Wildman–Crippen LogP) is 1.68. The number of nitrogens with zero attached hydrogens (tertiary/aromatic N) is 2. The van der Waals surface area contributed by atoms with E-state index in [2.05, 4.69) is 15.7 Å². The lowest BCUT2D eigenvalue weighted by atomic mass is 10.1. The summed E-state index contributed by atoms with van der Waals surface area (Å²) in [6.45, 7) is 5.61. The van der Waals surface area contributed by atoms with Gasteiger partial charge in [0.15, 0.2) is 5.03 Å². The van der Waals surface area contributed by atoms with Gasteiger partial charge in [0.05, 0.1) is 7.11 Å². The number of methoxy groups -OCH3 is 1. The highest BCUT2D eigenvalue weighted by atomic mass is 16.7. The Labute approximate surface area is 145 Å². The monoisotopic (exact) mass is 353 g/mol. The molecule has 0 spiro atoms. The van der Waals surface area contributed by atoms with Crippen LogP contribution in [0.4, 0.5) is 10.5 Å². The standard InChI is InChI=1S/C15H23N5O5/c1-15(2,3)25-14(21)17-8-7-10-9-11(24-4)5-6-12(10)18-13(16)19-20(22)23/h5-6,9H,7-8H2,1-4H3,(H,17,21)(H3,16,18,19). The second kappa shape index (κ2) is 8.71. The predicted molar refractivity (Wildman–Crippen MR) is 93.2 cm³/mol. The third-order valence-electron chi connectivity index (χ3n) is 2.83. The Hall–Kier alpha value is -3.04. The molecule has 0 saturated carbocycles. The van der Waals surface area contributed by atoms with Crippen molar-refractivity contribution in [1.29, 1.82) is 0 Å². The Balaban J connectivity index is 2.79. The molecule has 10 heteroatoms. The average molecular weight is 353 g/mol. The number of carbonyl (C=O) groups is 1. The highest BCUT2D eigenvalue weighted by molar-refractivity contribution is 5.92. The first-order valence-electron chi connectivity index (χ1n) is 7.50. The number of carbonyl (C=O) groups excluding carboxylic acids is 1. The lowest BCUT2D eigenvalue weighted by Crippen LogP contribution is -2.33. The molecule has 0 fully saturated rings. The number of hydrogen-bond donors (Lipinski definition) is 3. The number of guanidine groups is 1. The summed E-state index contributed by atoms with van der Waals surface area (Å²) >= 11 is 0. The number of nitro groups is 1. The molecule has 1 aromatic carbocycles. The minimum atomic E-state index is -0.893. The Bertz CT molecular complexity index is 654. The summed E-state index contributed by atoms with van der Waals surface area (Å²) in [5.41, 5.74) is 6.14. The van der Waals surface area contributed by atoms with Crippen molar-refractivity contribution >= 4 is 17.7 Å². The highest BCUT2D eigenvalue weighted by Gasteiger charge is 2.16. The average Bonchev–Trinajstić information content (AvgIpc) is 2.46. The first kappa shape index (κ1) is 20.0. The molecular formula is C15H23N5O5. The van der Waals surface area contributed by atoms with E-state index in [0.717, 1.165) is 5.56 Å². The van der Waals surface area contributed by atoms with E-state index in [1.807, 2.05) is 0 Å². The van der Waals surface area contributed by atoms with Crippen LogP contribution in [0.1, 0.15) is 26.3 Å². The fourth-order valence-corrected chi connectivity index (χ4v) is 1.89. The summed E-state index contributed by atoms with van der Waals surface area (Å²) in [5.74, 6) is 0.249. The van der Waals surface area contributed by atoms with Crippen LogP contribution in [0, 0.1) is 10.1 Å². The number of ether oxygens (including phenoxy) is 2. The van der Waals surface area contributed by atoms with E-state index in [9.17, 15) is 14.9 Å². The molecule has 0 saturated heterocycles. The number of benzene rings is 1. The quantitative estimate of drug-likeness (QED) is 0.306. The minimum absolute atomic E-state index is 0.295. The van der Waals surface area contributed by atoms with E-state index >= 15 is 0 Å². The summed E-state index contributed by atoms with van der Waals surface area (Å²) < 4.78 is 10.3. The van der Waals surface area contributed by atoms with Gasteiger partial charge in [-0.05, 0) is 51.0 Å². The Morgan fingerprint density at radius 2 is 2.08 bits per heavy atom. The van der Waals surface area contributed by atoms with Gasteiger partial charge in [-0.2, -0.15) is 0 Å². The van der Waals surface area contributed by atoms with Crippen LogP contribution in [0.3, 0.4) is 0 Å². The number of hydrazone groups is 1. The van der Waals surface area contributed by atoms with Crippen molar-refractivity contribution in [3.63, 3.8) is 0 Å². The van der Waals surface area contributed by atoms with E-state index in [0.29, 0.717) is 24.4 Å². The topological polar surface area (TPSA) is 141 Å². The molecule has 1 amide bonds. The van der Waals surface area contributed by atoms with Gasteiger partial charge in [0.2, 0.25) is 0 Å². The molecule has 25 heavy (non-hydrogen) atoms. The first-order chi connectivity index (χ1) is 11.6. The molecule has 0 heterocycles. The van der Waals surface area contributed by atoms with Crippen molar-refractivity contribution < 1.29 is 19.3 Å². The van der Waals surface area contributed by atoms with Crippen molar-refractivity contribution in [3.05, 3.63) is 33.9 Å². The van der Waals surface area contributed by atoms with Crippen molar-refractivity contribution in [2.75, 3.05) is 19.0 Å². The van der Waals surface area contributed by atoms with Crippen LogP contribution in [0.2, 0.25) is 0 Å². The zero-order chi connectivity index (χ0) is 19.0. The molecule has 0 aromatic heterocycles. The van der Waals surface area contributed by atoms with Crippen LogP contribution in [-0.4, -0.2) is 36.3 Å². The zero-order valence-electron chi connectivity index (χ0n) is 14.7. The molecule has 138 valence electrons. The van der Waals surface area contributed by atoms with Crippen LogP contribution in [0.15, 0.2) is 23.3 Å². The fourth-order valence-electron chi connectivity index (χ4n) is 1.89. The fraction of sp³-hybridized carbons (Fsp3) is 0.467. The lowest BCUT2D eigenvalue weighted by Gasteiger charge is -2.20. The molecule has 0 unspecified atom stereocenters. The number of rotatable bonds is 6. The molecule has 0 aliphatic carbocycles. The normalized spacial score (nSPS) is 11.6. The SMILES string of the molecule is COc1ccc(NC(N)=N[N+](=O)[O-])c(CCNC(=O)OC(C)(C)C)c1. The smallest absolute Gasteiger partial charge is 0.407 e. The number of nitrogens with two attached hydrogens (primary N) is 1. The lowest BCUT2D eigenvalue weighted by molar-refractivity contribution is -0.485. The number of amides is 1. The number of hydrogen-bond acceptors (Lipinski definition) is 5. The molecule has 1 aromatic rings. The minimum Gasteiger partial charge on any atom is -0.497 e. The Morgan fingerprint density at radius 3 is 2.64 bits per heavy atom. The molecule has 0 atom stereocenters. The van der Waals surface area contributed by atoms with Gasteiger partial charge in [-0.1, -0.05) is 0 Å². The summed E-state index contributed by atoms with van der Waals surface area (Å²) in [5, 5.41) is 17.8. The first-order valence-corrected chi connectivity index (χ1v) is 7.50. The zero-order valence-corrected chi connectivity index (χ0v) is 14.7. The second-order valence-electron chi connectivity index (χ2n) is 6.05. The van der Waals surface area contributed by atoms with Gasteiger partial charge < -0.3 is 25.8 Å². The van der Waals surface area contributed by atoms with E-state index in [4.69, 9.17) is 15.2 Å². The Morgan fingerprint density at radius 1 is 1.40 bits per heavy atom. The van der Waals surface area contributed by atoms with Gasteiger partial charge in [0, 0.05) is 12.2 Å². The van der Waals surface area contributed by atoms with Crippen LogP contribution in [0.5, 0.6) is 5.75 Å². The number of anilines is 1. The third kappa shape index (κ3) is 7.86. The van der Waals surface area contributed by atoms with Gasteiger partial charge in [0.1, 0.15) is 16.5 Å². The highest BCUT2D eigenvalue weighted by Crippen LogP contribution is 2.22. The van der Waals surface area contributed by atoms with Crippen LogP contribution in [-0.2, 0) is 11.2 Å². The van der Waals surface area contributed by atoms with Gasteiger partial charge >= 0.3 is 6.09 Å². The molecule has 0 radical (unpaired) electrons. The largest absolute Gasteiger partial charge is 0.497 e. The van der Waals surface area contributed by atoms with Crippen molar-refractivity contribution in [3.8, 4) is 5.75 Å². The summed E-state index contributed by atoms with van der Waals surface area (Å²) in [4.78, 5) is 22.0. The Kier molecular flexibility index (Phi) is 6.97. The van der Waals surface area contributed by atoms with Gasteiger partial charge in [-0.3, -0.25) is 0 Å². The molecule has 0 aliphatic heterocycles. The molecule has 10 nitrogen and oxygen atoms in total. The summed E-state index contributed by atoms with van der Waals surface area (Å²) in [6, 6.07) is 5.06. The number of nitrogens with one attached hydrogen (secondary N) is 2. The van der Waals surface area contributed by atoms with Crippen LogP contribution < -0.4 is 21.1 Å². The van der Waals surface area contributed by atoms with Gasteiger partial charge in [-0.15, -0.1) is 0 Å². The number of alkyl carbamates (subject to hydrolysis) is 1. The maximum atomic E-state index is 11.7. The van der Waals surface area contributed by atoms with Crippen molar-refractivity contribution in [1.82, 2.24) is 5.32 Å². The van der Waals surface area contributed by atoms with Gasteiger partial charge in [-0.25, -0.2) is 14.9 Å². The molecular weight excluding hydrogens is 330 g/mol. The van der Waals surface area contributed by atoms with E-state index in [1.165, 1.54) is 7.11 Å². The van der Waals surface area contributed by atoms with Crippen molar-refractivity contribution in [2.24, 2.45) is 10.8 Å². The summed E-state index contributed by atoms with van der Waals surface area (Å²) in [6.07, 6.45) is -0.107. The second-order valence-corrected chi connectivity index (χ2v) is 6.05. The van der Waals surface area contributed by atoms with Gasteiger partial charge in [0.25, 0.3) is 5.96 Å². The molecule has 1 rings (SSSR count). The maximum absolute atomic E-state index is 11.7. The molecule has 4 N–H and O–H groups in total.